The molecule has 0 saturated carbocycles. The van der Waals surface area contributed by atoms with Crippen molar-refractivity contribution in [1.29, 1.82) is 0 Å². The summed E-state index contributed by atoms with van der Waals surface area (Å²) in [5.41, 5.74) is 1.37. The van der Waals surface area contributed by atoms with Crippen LogP contribution >= 0.6 is 0 Å². The maximum atomic E-state index is 12.1. The quantitative estimate of drug-likeness (QED) is 0.617. The number of benzene rings is 2. The molecule has 0 fully saturated rings. The number of nitrogens with zero attached hydrogens (tertiary/aromatic N) is 3. The average Bonchev–Trinajstić information content (AvgIpc) is 3.01. The number of methoxy groups -OCH3 is 1. The normalized spacial score (nSPS) is 11.3. The minimum atomic E-state index is -0.637. The molecule has 2 N–H and O–H groups in total. The first-order valence-corrected chi connectivity index (χ1v) is 9.11. The van der Waals surface area contributed by atoms with E-state index < -0.39 is 5.91 Å². The van der Waals surface area contributed by atoms with Gasteiger partial charge >= 0.3 is 0 Å². The summed E-state index contributed by atoms with van der Waals surface area (Å²) in [6, 6.07) is 13.9. The van der Waals surface area contributed by atoms with Crippen LogP contribution in [0.1, 0.15) is 30.2 Å². The van der Waals surface area contributed by atoms with Crippen molar-refractivity contribution in [3.63, 3.8) is 0 Å². The first-order chi connectivity index (χ1) is 13.9. The van der Waals surface area contributed by atoms with Crippen molar-refractivity contribution < 1.29 is 19.4 Å². The second-order valence-electron chi connectivity index (χ2n) is 6.66. The number of carbonyl (C=O) groups excluding carboxylic acids is 2. The second-order valence-corrected chi connectivity index (χ2v) is 6.66. The number of hydrogen-bond acceptors (Lipinski definition) is 5. The Hall–Kier alpha value is -3.68. The number of rotatable bonds is 6. The molecule has 1 aromatic heterocycles. The molecule has 0 spiro atoms. The summed E-state index contributed by atoms with van der Waals surface area (Å²) in [6.07, 6.45) is 0. The molecule has 0 bridgehead atoms. The third-order valence-corrected chi connectivity index (χ3v) is 4.37. The third-order valence-electron chi connectivity index (χ3n) is 4.37. The van der Waals surface area contributed by atoms with E-state index in [1.54, 1.807) is 54.1 Å². The van der Waals surface area contributed by atoms with Gasteiger partial charge in [0.05, 0.1) is 12.6 Å². The lowest BCUT2D eigenvalue weighted by molar-refractivity contribution is -0.117. The standard InChI is InChI=1S/C21H22N4O4/c1-13(2)25-17-10-9-15(29-3)11-16(17)19(21(25)28)24-23-18(26)12-22-20(27)14-7-5-4-6-8-14/h4-11,13,28H,12H2,1-3H3,(H,22,27). The van der Waals surface area contributed by atoms with Crippen molar-refractivity contribution >= 4 is 28.4 Å². The van der Waals surface area contributed by atoms with E-state index in [0.717, 1.165) is 5.52 Å². The Bertz CT molecular complexity index is 1070. The fourth-order valence-corrected chi connectivity index (χ4v) is 3.00. The van der Waals surface area contributed by atoms with Gasteiger partial charge in [0.15, 0.2) is 5.69 Å². The predicted octanol–water partition coefficient (Wildman–Crippen LogP) is 3.98. The van der Waals surface area contributed by atoms with Gasteiger partial charge in [-0.2, -0.15) is 0 Å². The van der Waals surface area contributed by atoms with E-state index in [1.165, 1.54) is 0 Å². The van der Waals surface area contributed by atoms with Gasteiger partial charge in [0, 0.05) is 17.0 Å². The summed E-state index contributed by atoms with van der Waals surface area (Å²) in [6.45, 7) is 3.55. The third kappa shape index (κ3) is 4.26. The van der Waals surface area contributed by atoms with Crippen molar-refractivity contribution in [2.45, 2.75) is 19.9 Å². The largest absolute Gasteiger partial charge is 0.497 e. The minimum absolute atomic E-state index is 0.0318. The van der Waals surface area contributed by atoms with Crippen molar-refractivity contribution in [2.24, 2.45) is 10.2 Å². The molecule has 0 aliphatic heterocycles. The van der Waals surface area contributed by atoms with Gasteiger partial charge in [-0.3, -0.25) is 9.59 Å². The Morgan fingerprint density at radius 2 is 1.90 bits per heavy atom. The van der Waals surface area contributed by atoms with Crippen LogP contribution in [0.4, 0.5) is 5.69 Å². The van der Waals surface area contributed by atoms with Crippen LogP contribution in [-0.4, -0.2) is 35.1 Å². The predicted molar refractivity (Wildman–Crippen MR) is 109 cm³/mol. The van der Waals surface area contributed by atoms with Crippen LogP contribution < -0.4 is 10.1 Å². The molecule has 1 heterocycles. The molecule has 0 unspecified atom stereocenters. The molecule has 0 aliphatic carbocycles. The molecule has 8 heteroatoms. The average molecular weight is 394 g/mol. The number of aromatic hydroxyl groups is 1. The zero-order chi connectivity index (χ0) is 21.0. The molecule has 29 heavy (non-hydrogen) atoms. The van der Waals surface area contributed by atoms with Crippen LogP contribution in [0.3, 0.4) is 0 Å². The Kier molecular flexibility index (Phi) is 5.92. The first kappa shape index (κ1) is 20.1. The number of amides is 2. The fraction of sp³-hybridized carbons (Fsp3) is 0.238. The van der Waals surface area contributed by atoms with Crippen molar-refractivity contribution in [3.8, 4) is 11.6 Å². The van der Waals surface area contributed by atoms with E-state index in [0.29, 0.717) is 16.7 Å². The lowest BCUT2D eigenvalue weighted by Gasteiger charge is -2.10. The van der Waals surface area contributed by atoms with Gasteiger partial charge in [-0.15, -0.1) is 10.2 Å². The van der Waals surface area contributed by atoms with Gasteiger partial charge in [0.1, 0.15) is 12.3 Å². The van der Waals surface area contributed by atoms with Crippen LogP contribution in [0.2, 0.25) is 0 Å². The molecule has 8 nitrogen and oxygen atoms in total. The minimum Gasteiger partial charge on any atom is -0.497 e. The lowest BCUT2D eigenvalue weighted by atomic mass is 10.2. The Morgan fingerprint density at radius 1 is 1.17 bits per heavy atom. The van der Waals surface area contributed by atoms with Crippen molar-refractivity contribution in [1.82, 2.24) is 9.88 Å². The highest BCUT2D eigenvalue weighted by atomic mass is 16.5. The summed E-state index contributed by atoms with van der Waals surface area (Å²) < 4.78 is 6.94. The number of aromatic nitrogens is 1. The molecule has 2 amide bonds. The molecule has 0 atom stereocenters. The van der Waals surface area contributed by atoms with E-state index in [1.807, 2.05) is 19.9 Å². The molecule has 150 valence electrons. The SMILES string of the molecule is COc1ccc2c(c1)c(N=NC(=O)CNC(=O)c1ccccc1)c(O)n2C(C)C. The van der Waals surface area contributed by atoms with Crippen LogP contribution in [0, 0.1) is 0 Å². The Balaban J connectivity index is 1.81. The Morgan fingerprint density at radius 3 is 2.55 bits per heavy atom. The molecule has 3 aromatic rings. The number of ether oxygens (including phenoxy) is 1. The highest BCUT2D eigenvalue weighted by molar-refractivity contribution is 5.97. The zero-order valence-electron chi connectivity index (χ0n) is 16.4. The summed E-state index contributed by atoms with van der Waals surface area (Å²) in [5, 5.41) is 21.3. The van der Waals surface area contributed by atoms with E-state index >= 15 is 0 Å². The Labute approximate surface area is 167 Å². The molecule has 0 radical (unpaired) electrons. The highest BCUT2D eigenvalue weighted by Gasteiger charge is 2.19. The van der Waals surface area contributed by atoms with Crippen molar-refractivity contribution in [3.05, 3.63) is 54.1 Å². The van der Waals surface area contributed by atoms with Gasteiger partial charge in [-0.05, 0) is 44.2 Å². The van der Waals surface area contributed by atoms with E-state index in [-0.39, 0.29) is 30.1 Å². The molecule has 0 aliphatic rings. The monoisotopic (exact) mass is 394 g/mol. The van der Waals surface area contributed by atoms with Gasteiger partial charge in [0.2, 0.25) is 5.88 Å². The highest BCUT2D eigenvalue weighted by Crippen LogP contribution is 2.42. The zero-order valence-corrected chi connectivity index (χ0v) is 16.4. The van der Waals surface area contributed by atoms with Crippen LogP contribution in [0.5, 0.6) is 11.6 Å². The van der Waals surface area contributed by atoms with Crippen LogP contribution in [0.25, 0.3) is 10.9 Å². The maximum absolute atomic E-state index is 12.1. The number of carbonyl (C=O) groups is 2. The molecular formula is C21H22N4O4. The van der Waals surface area contributed by atoms with Crippen LogP contribution in [-0.2, 0) is 4.79 Å². The first-order valence-electron chi connectivity index (χ1n) is 9.11. The number of hydrogen-bond donors (Lipinski definition) is 2. The number of nitrogens with one attached hydrogen (secondary N) is 1. The number of azo groups is 1. The summed E-state index contributed by atoms with van der Waals surface area (Å²) in [7, 11) is 1.54. The van der Waals surface area contributed by atoms with E-state index in [9.17, 15) is 14.7 Å². The maximum Gasteiger partial charge on any atom is 0.283 e. The fourth-order valence-electron chi connectivity index (χ4n) is 3.00. The molecule has 3 rings (SSSR count). The smallest absolute Gasteiger partial charge is 0.283 e. The van der Waals surface area contributed by atoms with Gasteiger partial charge in [-0.25, -0.2) is 0 Å². The number of fused-ring (bicyclic) bond motifs is 1. The van der Waals surface area contributed by atoms with E-state index in [2.05, 4.69) is 15.5 Å². The van der Waals surface area contributed by atoms with Crippen LogP contribution in [0.15, 0.2) is 58.8 Å². The summed E-state index contributed by atoms with van der Waals surface area (Å²) >= 11 is 0. The second kappa shape index (κ2) is 8.55. The van der Waals surface area contributed by atoms with E-state index in [4.69, 9.17) is 4.74 Å². The van der Waals surface area contributed by atoms with Gasteiger partial charge < -0.3 is 19.7 Å². The summed E-state index contributed by atoms with van der Waals surface area (Å²) in [5.74, 6) is -0.510. The van der Waals surface area contributed by atoms with Gasteiger partial charge in [0.25, 0.3) is 11.8 Å². The molecular weight excluding hydrogens is 372 g/mol. The van der Waals surface area contributed by atoms with Crippen molar-refractivity contribution in [2.75, 3.05) is 13.7 Å². The van der Waals surface area contributed by atoms with Gasteiger partial charge in [-0.1, -0.05) is 18.2 Å². The lowest BCUT2D eigenvalue weighted by Crippen LogP contribution is -2.28. The topological polar surface area (TPSA) is 105 Å². The molecule has 2 aromatic carbocycles. The molecule has 0 saturated heterocycles. The summed E-state index contributed by atoms with van der Waals surface area (Å²) in [4.78, 5) is 24.1.